The molecule has 2 aromatic rings. The molecule has 2 aromatic heterocycles. The first-order valence-corrected chi connectivity index (χ1v) is 13.0. The molecule has 1 N–H and O–H groups in total. The summed E-state index contributed by atoms with van der Waals surface area (Å²) in [7, 11) is 1.62. The second-order valence-corrected chi connectivity index (χ2v) is 9.70. The van der Waals surface area contributed by atoms with E-state index in [-0.39, 0.29) is 12.1 Å². The van der Waals surface area contributed by atoms with Gasteiger partial charge in [-0.05, 0) is 43.4 Å². The van der Waals surface area contributed by atoms with Gasteiger partial charge < -0.3 is 29.2 Å². The number of methoxy groups -OCH3 is 1. The molecule has 10 nitrogen and oxygen atoms in total. The van der Waals surface area contributed by atoms with Gasteiger partial charge in [0.05, 0.1) is 24.9 Å². The van der Waals surface area contributed by atoms with Crippen LogP contribution >= 0.6 is 0 Å². The van der Waals surface area contributed by atoms with E-state index in [0.29, 0.717) is 30.6 Å². The predicted octanol–water partition coefficient (Wildman–Crippen LogP) is 3.98. The number of anilines is 1. The number of cyclic esters (lactones) is 1. The fourth-order valence-corrected chi connectivity index (χ4v) is 5.21. The van der Waals surface area contributed by atoms with E-state index in [1.165, 1.54) is 11.2 Å². The zero-order valence-electron chi connectivity index (χ0n) is 21.3. The van der Waals surface area contributed by atoms with E-state index < -0.39 is 6.09 Å². The van der Waals surface area contributed by atoms with Crippen molar-refractivity contribution in [2.24, 2.45) is 0 Å². The second kappa shape index (κ2) is 10.7. The molecule has 1 aliphatic carbocycles. The Morgan fingerprint density at radius 3 is 3.03 bits per heavy atom. The maximum atomic E-state index is 12.7. The van der Waals surface area contributed by atoms with Crippen molar-refractivity contribution < 1.29 is 23.7 Å². The molecule has 0 spiro atoms. The number of hydrogen-bond acceptors (Lipinski definition) is 9. The van der Waals surface area contributed by atoms with Crippen LogP contribution in [0.4, 0.5) is 10.5 Å². The maximum absolute atomic E-state index is 12.7. The van der Waals surface area contributed by atoms with Gasteiger partial charge in [-0.2, -0.15) is 0 Å². The Labute approximate surface area is 221 Å². The topological polar surface area (TPSA) is 98.3 Å². The van der Waals surface area contributed by atoms with Crippen molar-refractivity contribution in [3.8, 4) is 5.88 Å². The average molecular weight is 518 g/mol. The van der Waals surface area contributed by atoms with Crippen LogP contribution < -0.4 is 15.0 Å². The Hall–Kier alpha value is -4.05. The number of aromatic nitrogens is 2. The molecular weight excluding hydrogens is 486 g/mol. The van der Waals surface area contributed by atoms with Crippen LogP contribution in [0, 0.1) is 0 Å². The third-order valence-corrected chi connectivity index (χ3v) is 7.17. The molecule has 0 saturated carbocycles. The van der Waals surface area contributed by atoms with Crippen molar-refractivity contribution in [3.63, 3.8) is 0 Å². The van der Waals surface area contributed by atoms with E-state index in [1.54, 1.807) is 13.4 Å². The highest BCUT2D eigenvalue weighted by Gasteiger charge is 2.37. The van der Waals surface area contributed by atoms with Gasteiger partial charge in [-0.15, -0.1) is 0 Å². The van der Waals surface area contributed by atoms with E-state index in [4.69, 9.17) is 18.9 Å². The Morgan fingerprint density at radius 2 is 2.16 bits per heavy atom. The number of allylic oxidation sites excluding steroid dienone is 4. The minimum atomic E-state index is -0.432. The summed E-state index contributed by atoms with van der Waals surface area (Å²) in [4.78, 5) is 25.6. The van der Waals surface area contributed by atoms with Crippen molar-refractivity contribution in [1.82, 2.24) is 20.2 Å². The molecule has 3 aliphatic heterocycles. The summed E-state index contributed by atoms with van der Waals surface area (Å²) in [5.41, 5.74) is 3.77. The zero-order valence-corrected chi connectivity index (χ0v) is 21.3. The first kappa shape index (κ1) is 24.3. The van der Waals surface area contributed by atoms with Crippen molar-refractivity contribution in [2.45, 2.75) is 37.8 Å². The van der Waals surface area contributed by atoms with Crippen molar-refractivity contribution >= 4 is 22.8 Å². The van der Waals surface area contributed by atoms with Gasteiger partial charge in [-0.25, -0.2) is 14.7 Å². The van der Waals surface area contributed by atoms with Crippen LogP contribution in [0.1, 0.15) is 25.7 Å². The first-order valence-electron chi connectivity index (χ1n) is 13.0. The molecule has 1 amide bonds. The summed E-state index contributed by atoms with van der Waals surface area (Å²) < 4.78 is 22.5. The summed E-state index contributed by atoms with van der Waals surface area (Å²) in [6.07, 6.45) is 14.1. The highest BCUT2D eigenvalue weighted by Crippen LogP contribution is 2.30. The number of amides is 1. The molecule has 6 rings (SSSR count). The van der Waals surface area contributed by atoms with Crippen molar-refractivity contribution in [2.75, 3.05) is 38.2 Å². The smallest absolute Gasteiger partial charge is 0.417 e. The second-order valence-electron chi connectivity index (χ2n) is 9.70. The van der Waals surface area contributed by atoms with E-state index in [9.17, 15) is 4.79 Å². The molecule has 0 bridgehead atoms. The van der Waals surface area contributed by atoms with Crippen LogP contribution in [0.15, 0.2) is 72.4 Å². The van der Waals surface area contributed by atoms with Gasteiger partial charge in [0, 0.05) is 37.9 Å². The van der Waals surface area contributed by atoms with Gasteiger partial charge in [-0.3, -0.25) is 4.98 Å². The third kappa shape index (κ3) is 5.04. The van der Waals surface area contributed by atoms with E-state index in [2.05, 4.69) is 26.3 Å². The van der Waals surface area contributed by atoms with Crippen LogP contribution in [0.3, 0.4) is 0 Å². The van der Waals surface area contributed by atoms with E-state index in [0.717, 1.165) is 61.1 Å². The molecule has 0 unspecified atom stereocenters. The number of nitrogens with one attached hydrogen (secondary N) is 1. The lowest BCUT2D eigenvalue weighted by Gasteiger charge is -2.35. The van der Waals surface area contributed by atoms with Crippen molar-refractivity contribution in [1.29, 1.82) is 0 Å². The molecule has 2 saturated heterocycles. The monoisotopic (exact) mass is 517 g/mol. The molecule has 0 radical (unpaired) electrons. The Morgan fingerprint density at radius 1 is 1.21 bits per heavy atom. The number of ether oxygens (including phenoxy) is 4. The molecule has 0 aromatic carbocycles. The average Bonchev–Trinajstić information content (AvgIpc) is 3.36. The number of carbonyl (C=O) groups is 1. The number of fused-ring (bicyclic) bond motifs is 1. The van der Waals surface area contributed by atoms with Gasteiger partial charge in [0.15, 0.2) is 12.0 Å². The number of pyridine rings is 2. The fraction of sp³-hybridized carbons (Fsp3) is 0.393. The number of rotatable bonds is 7. The van der Waals surface area contributed by atoms with E-state index >= 15 is 0 Å². The molecular formula is C28H31N5O5. The largest absolute Gasteiger partial charge is 0.481 e. The standard InChI is InChI=1S/C28H31N5O5/c1-35-25-10-9-22-27(31-25)23(11-12-29-22)32-13-5-8-20(15-32)30-14-21-16-33(28(34)37-21)26-18-36-17-24(38-26)19-6-3-2-4-7-19/h2-3,6,9-12,17-18,20-21,30H,4-5,7-8,13-16H2,1H3/t20-,21+/m0/s1. The lowest BCUT2D eigenvalue weighted by atomic mass is 10.0. The fourth-order valence-electron chi connectivity index (χ4n) is 5.21. The van der Waals surface area contributed by atoms with Crippen LogP contribution in [0.2, 0.25) is 0 Å². The molecule has 10 heteroatoms. The quantitative estimate of drug-likeness (QED) is 0.585. The lowest BCUT2D eigenvalue weighted by molar-refractivity contribution is 0.117. The van der Waals surface area contributed by atoms with Crippen LogP contribution in [-0.2, 0) is 14.2 Å². The molecule has 198 valence electrons. The maximum Gasteiger partial charge on any atom is 0.417 e. The molecule has 5 heterocycles. The predicted molar refractivity (Wildman–Crippen MR) is 141 cm³/mol. The molecule has 2 atom stereocenters. The normalized spacial score (nSPS) is 23.3. The first-order chi connectivity index (χ1) is 18.7. The number of carbonyl (C=O) groups excluding carboxylic acids is 1. The van der Waals surface area contributed by atoms with Gasteiger partial charge in [0.25, 0.3) is 0 Å². The Bertz CT molecular complexity index is 1340. The summed E-state index contributed by atoms with van der Waals surface area (Å²) in [5, 5.41) is 3.61. The minimum absolute atomic E-state index is 0.250. The molecule has 4 aliphatic rings. The van der Waals surface area contributed by atoms with Crippen LogP contribution in [0.25, 0.3) is 11.0 Å². The number of hydrogen-bond donors (Lipinski definition) is 1. The zero-order chi connectivity index (χ0) is 25.9. The Balaban J connectivity index is 1.06. The van der Waals surface area contributed by atoms with Crippen molar-refractivity contribution in [3.05, 3.63) is 72.4 Å². The van der Waals surface area contributed by atoms with E-state index in [1.807, 2.05) is 36.5 Å². The summed E-state index contributed by atoms with van der Waals surface area (Å²) in [5.74, 6) is 1.55. The SMILES string of the molecule is COc1ccc2nccc(N3CCC[C@H](NC[C@@H]4CN(C5=COC=C(C6=CC=CCC6)O5)C(=O)O4)C3)c2n1. The van der Waals surface area contributed by atoms with Gasteiger partial charge >= 0.3 is 6.09 Å². The summed E-state index contributed by atoms with van der Waals surface area (Å²) in [6.45, 7) is 2.71. The van der Waals surface area contributed by atoms with Crippen LogP contribution in [0.5, 0.6) is 5.88 Å². The van der Waals surface area contributed by atoms with Gasteiger partial charge in [0.2, 0.25) is 11.8 Å². The lowest BCUT2D eigenvalue weighted by Crippen LogP contribution is -2.48. The molecule has 38 heavy (non-hydrogen) atoms. The Kier molecular flexibility index (Phi) is 6.87. The number of nitrogens with zero attached hydrogens (tertiary/aromatic N) is 4. The number of piperidine rings is 1. The van der Waals surface area contributed by atoms with Gasteiger partial charge in [0.1, 0.15) is 17.9 Å². The summed E-state index contributed by atoms with van der Waals surface area (Å²) in [6, 6.07) is 6.02. The highest BCUT2D eigenvalue weighted by atomic mass is 16.6. The van der Waals surface area contributed by atoms with Gasteiger partial charge in [-0.1, -0.05) is 18.2 Å². The molecule has 2 fully saturated rings. The van der Waals surface area contributed by atoms with Crippen LogP contribution in [-0.4, -0.2) is 66.4 Å². The third-order valence-electron chi connectivity index (χ3n) is 7.17. The highest BCUT2D eigenvalue weighted by molar-refractivity contribution is 5.88. The summed E-state index contributed by atoms with van der Waals surface area (Å²) >= 11 is 0. The minimum Gasteiger partial charge on any atom is -0.481 e.